The molecule has 20 heavy (non-hydrogen) atoms. The van der Waals surface area contributed by atoms with Crippen LogP contribution in [0, 0.1) is 0 Å². The van der Waals surface area contributed by atoms with Crippen molar-refractivity contribution in [2.75, 3.05) is 18.6 Å². The van der Waals surface area contributed by atoms with Crippen molar-refractivity contribution in [3.63, 3.8) is 0 Å². The molecular weight excluding hydrogens is 280 g/mol. The van der Waals surface area contributed by atoms with Crippen molar-refractivity contribution in [1.82, 2.24) is 9.88 Å². The predicted molar refractivity (Wildman–Crippen MR) is 76.6 cm³/mol. The Hall–Kier alpha value is -1.95. The Bertz CT molecular complexity index is 624. The van der Waals surface area contributed by atoms with Gasteiger partial charge in [0.15, 0.2) is 0 Å². The zero-order chi connectivity index (χ0) is 14.1. The highest BCUT2D eigenvalue weighted by Gasteiger charge is 2.24. The van der Waals surface area contributed by atoms with Crippen LogP contribution in [0.4, 0.5) is 14.5 Å². The fourth-order valence-electron chi connectivity index (χ4n) is 2.12. The monoisotopic (exact) mass is 293 g/mol. The Balaban J connectivity index is 1.95. The minimum atomic E-state index is -2.52. The summed E-state index contributed by atoms with van der Waals surface area (Å²) in [5, 5.41) is 2.04. The van der Waals surface area contributed by atoms with Crippen LogP contribution in [-0.2, 0) is 0 Å². The van der Waals surface area contributed by atoms with E-state index < -0.39 is 6.43 Å². The van der Waals surface area contributed by atoms with Crippen LogP contribution in [0.1, 0.15) is 17.1 Å². The summed E-state index contributed by atoms with van der Waals surface area (Å²) in [6, 6.07) is 9.85. The van der Waals surface area contributed by atoms with Crippen molar-refractivity contribution in [1.29, 1.82) is 0 Å². The summed E-state index contributed by atoms with van der Waals surface area (Å²) < 4.78 is 25.3. The van der Waals surface area contributed by atoms with Gasteiger partial charge in [-0.15, -0.1) is 11.3 Å². The third kappa shape index (κ3) is 2.38. The highest BCUT2D eigenvalue weighted by molar-refractivity contribution is 7.10. The number of hydrogen-bond donors (Lipinski definition) is 0. The number of nitrogens with zero attached hydrogens (tertiary/aromatic N) is 3. The van der Waals surface area contributed by atoms with Gasteiger partial charge in [-0.2, -0.15) is 0 Å². The topological polar surface area (TPSA) is 19.4 Å². The third-order valence-corrected chi connectivity index (χ3v) is 3.91. The molecule has 1 aliphatic rings. The lowest BCUT2D eigenvalue weighted by atomic mass is 10.3. The van der Waals surface area contributed by atoms with Crippen LogP contribution in [0.2, 0.25) is 0 Å². The molecule has 2 heterocycles. The number of para-hydroxylation sites is 1. The molecule has 0 amide bonds. The average molecular weight is 293 g/mol. The summed E-state index contributed by atoms with van der Waals surface area (Å²) in [5.41, 5.74) is 1.72. The minimum Gasteiger partial charge on any atom is -0.361 e. The fraction of sp³-hybridized carbons (Fsp3) is 0.214. The molecule has 0 unspecified atom stereocenters. The highest BCUT2D eigenvalue weighted by atomic mass is 32.1. The maximum absolute atomic E-state index is 12.7. The molecule has 2 aromatic rings. The SMILES string of the molecule is CN1C=C(c2nc(C(F)F)cs2)N(c2ccccc2)C1. The lowest BCUT2D eigenvalue weighted by molar-refractivity contribution is 0.147. The van der Waals surface area contributed by atoms with Crippen LogP contribution >= 0.6 is 11.3 Å². The molecule has 104 valence electrons. The first-order valence-corrected chi connectivity index (χ1v) is 7.01. The van der Waals surface area contributed by atoms with Gasteiger partial charge in [0, 0.05) is 24.3 Å². The van der Waals surface area contributed by atoms with E-state index in [4.69, 9.17) is 0 Å². The molecule has 0 spiro atoms. The van der Waals surface area contributed by atoms with E-state index in [0.717, 1.165) is 11.4 Å². The van der Waals surface area contributed by atoms with Crippen molar-refractivity contribution in [3.8, 4) is 0 Å². The van der Waals surface area contributed by atoms with Gasteiger partial charge in [0.1, 0.15) is 10.7 Å². The molecule has 0 fully saturated rings. The quantitative estimate of drug-likeness (QED) is 0.858. The number of rotatable bonds is 3. The minimum absolute atomic E-state index is 0.159. The van der Waals surface area contributed by atoms with E-state index in [9.17, 15) is 8.78 Å². The van der Waals surface area contributed by atoms with Gasteiger partial charge in [0.05, 0.1) is 12.4 Å². The molecule has 0 atom stereocenters. The van der Waals surface area contributed by atoms with Gasteiger partial charge in [0.2, 0.25) is 0 Å². The number of hydrogen-bond acceptors (Lipinski definition) is 4. The zero-order valence-electron chi connectivity index (χ0n) is 10.8. The molecule has 1 aromatic carbocycles. The maximum Gasteiger partial charge on any atom is 0.281 e. The Kier molecular flexibility index (Phi) is 3.40. The van der Waals surface area contributed by atoms with Gasteiger partial charge in [-0.25, -0.2) is 13.8 Å². The van der Waals surface area contributed by atoms with Gasteiger partial charge in [-0.3, -0.25) is 0 Å². The summed E-state index contributed by atoms with van der Waals surface area (Å²) in [5.74, 6) is 0. The summed E-state index contributed by atoms with van der Waals surface area (Å²) in [4.78, 5) is 8.10. The molecule has 0 saturated heterocycles. The lowest BCUT2D eigenvalue weighted by Crippen LogP contribution is -2.23. The first-order valence-electron chi connectivity index (χ1n) is 6.14. The fourth-order valence-corrected chi connectivity index (χ4v) is 2.95. The first kappa shape index (κ1) is 13.1. The Labute approximate surface area is 119 Å². The van der Waals surface area contributed by atoms with Crippen molar-refractivity contribution >= 4 is 22.7 Å². The van der Waals surface area contributed by atoms with Crippen LogP contribution in [0.5, 0.6) is 0 Å². The highest BCUT2D eigenvalue weighted by Crippen LogP contribution is 2.33. The van der Waals surface area contributed by atoms with Crippen LogP contribution in [0.25, 0.3) is 5.70 Å². The van der Waals surface area contributed by atoms with E-state index in [0.29, 0.717) is 11.7 Å². The number of aromatic nitrogens is 1. The average Bonchev–Trinajstić information content (AvgIpc) is 3.06. The summed E-state index contributed by atoms with van der Waals surface area (Å²) in [6.07, 6.45) is -0.592. The number of thiazole rings is 1. The van der Waals surface area contributed by atoms with Crippen molar-refractivity contribution in [2.24, 2.45) is 0 Å². The van der Waals surface area contributed by atoms with Gasteiger partial charge in [-0.05, 0) is 12.1 Å². The molecule has 0 radical (unpaired) electrons. The van der Waals surface area contributed by atoms with E-state index in [1.165, 1.54) is 16.7 Å². The van der Waals surface area contributed by atoms with E-state index in [1.807, 2.05) is 48.5 Å². The second kappa shape index (κ2) is 5.20. The lowest BCUT2D eigenvalue weighted by Gasteiger charge is -2.21. The summed E-state index contributed by atoms with van der Waals surface area (Å²) in [7, 11) is 1.95. The molecule has 0 saturated carbocycles. The number of halogens is 2. The normalized spacial score (nSPS) is 15.1. The molecule has 0 aliphatic carbocycles. The number of anilines is 1. The van der Waals surface area contributed by atoms with Crippen LogP contribution in [-0.4, -0.2) is 23.6 Å². The van der Waals surface area contributed by atoms with E-state index >= 15 is 0 Å². The molecule has 1 aromatic heterocycles. The van der Waals surface area contributed by atoms with E-state index in [-0.39, 0.29) is 5.69 Å². The molecule has 0 N–H and O–H groups in total. The molecule has 3 nitrogen and oxygen atoms in total. The van der Waals surface area contributed by atoms with Gasteiger partial charge in [0.25, 0.3) is 6.43 Å². The van der Waals surface area contributed by atoms with Crippen molar-refractivity contribution < 1.29 is 8.78 Å². The molecular formula is C14H13F2N3S. The zero-order valence-corrected chi connectivity index (χ0v) is 11.6. The Morgan fingerprint density at radius 2 is 2.00 bits per heavy atom. The maximum atomic E-state index is 12.7. The Morgan fingerprint density at radius 1 is 1.25 bits per heavy atom. The summed E-state index contributed by atoms with van der Waals surface area (Å²) >= 11 is 1.25. The molecule has 3 rings (SSSR count). The summed E-state index contributed by atoms with van der Waals surface area (Å²) in [6.45, 7) is 0.683. The van der Waals surface area contributed by atoms with Crippen molar-refractivity contribution in [2.45, 2.75) is 6.43 Å². The Morgan fingerprint density at radius 3 is 2.65 bits per heavy atom. The van der Waals surface area contributed by atoms with Gasteiger partial charge < -0.3 is 9.80 Å². The molecule has 1 aliphatic heterocycles. The van der Waals surface area contributed by atoms with Gasteiger partial charge in [-0.1, -0.05) is 18.2 Å². The van der Waals surface area contributed by atoms with Gasteiger partial charge >= 0.3 is 0 Å². The van der Waals surface area contributed by atoms with E-state index in [2.05, 4.69) is 9.88 Å². The van der Waals surface area contributed by atoms with Crippen LogP contribution in [0.3, 0.4) is 0 Å². The largest absolute Gasteiger partial charge is 0.361 e. The second-order valence-corrected chi connectivity index (χ2v) is 5.41. The molecule has 6 heteroatoms. The second-order valence-electron chi connectivity index (χ2n) is 4.55. The smallest absolute Gasteiger partial charge is 0.281 e. The van der Waals surface area contributed by atoms with E-state index in [1.54, 1.807) is 0 Å². The van der Waals surface area contributed by atoms with Crippen LogP contribution < -0.4 is 4.90 Å². The third-order valence-electron chi connectivity index (χ3n) is 3.03. The van der Waals surface area contributed by atoms with Crippen LogP contribution in [0.15, 0.2) is 41.9 Å². The predicted octanol–water partition coefficient (Wildman–Crippen LogP) is 3.79. The number of alkyl halides is 2. The number of benzene rings is 1. The van der Waals surface area contributed by atoms with Crippen molar-refractivity contribution in [3.05, 3.63) is 52.6 Å². The first-order chi connectivity index (χ1) is 9.65. The molecule has 0 bridgehead atoms. The standard InChI is InChI=1S/C14H13F2N3S/c1-18-7-12(14-17-11(8-20-14)13(15)16)19(9-18)10-5-3-2-4-6-10/h2-8,13H,9H2,1H3.